The monoisotopic (exact) mass is 333 g/mol. The molecule has 0 saturated carbocycles. The van der Waals surface area contributed by atoms with Gasteiger partial charge in [-0.05, 0) is 24.1 Å². The van der Waals surface area contributed by atoms with Gasteiger partial charge in [-0.25, -0.2) is 8.42 Å². The van der Waals surface area contributed by atoms with Gasteiger partial charge in [-0.1, -0.05) is 31.9 Å². The van der Waals surface area contributed by atoms with E-state index in [9.17, 15) is 13.2 Å². The molecule has 118 valence electrons. The van der Waals surface area contributed by atoms with E-state index in [0.717, 1.165) is 12.7 Å². The Hall–Kier alpha value is -1.31. The van der Waals surface area contributed by atoms with Gasteiger partial charge in [0.2, 0.25) is 15.9 Å². The minimum Gasteiger partial charge on any atom is -0.323 e. The molecule has 6 nitrogen and oxygen atoms in total. The molecular formula is C13H20ClN3O3S. The smallest absolute Gasteiger partial charge is 0.241 e. The molecule has 0 aliphatic rings. The lowest BCUT2D eigenvalue weighted by Gasteiger charge is -2.18. The van der Waals surface area contributed by atoms with Gasteiger partial charge in [0.1, 0.15) is 0 Å². The first kappa shape index (κ1) is 17.7. The summed E-state index contributed by atoms with van der Waals surface area (Å²) in [5, 5.41) is 2.93. The average Bonchev–Trinajstić information content (AvgIpc) is 2.39. The summed E-state index contributed by atoms with van der Waals surface area (Å²) in [4.78, 5) is 12.0. The summed E-state index contributed by atoms with van der Waals surface area (Å²) in [6, 6.07) is 3.80. The Morgan fingerprint density at radius 3 is 2.57 bits per heavy atom. The number of carbonyl (C=O) groups excluding carboxylic acids is 1. The Kier molecular flexibility index (Phi) is 6.00. The molecule has 0 aromatic heterocycles. The Balaban J connectivity index is 2.92. The van der Waals surface area contributed by atoms with Crippen LogP contribution in [-0.4, -0.2) is 26.6 Å². The fourth-order valence-corrected chi connectivity index (χ4v) is 2.35. The van der Waals surface area contributed by atoms with E-state index in [1.807, 2.05) is 13.8 Å². The van der Waals surface area contributed by atoms with E-state index in [-0.39, 0.29) is 11.8 Å². The van der Waals surface area contributed by atoms with Crippen LogP contribution in [0.3, 0.4) is 0 Å². The predicted octanol–water partition coefficient (Wildman–Crippen LogP) is 2.02. The van der Waals surface area contributed by atoms with Crippen molar-refractivity contribution >= 4 is 38.9 Å². The maximum absolute atomic E-state index is 12.0. The molecule has 1 aromatic carbocycles. The summed E-state index contributed by atoms with van der Waals surface area (Å²) in [5.41, 5.74) is 6.47. The van der Waals surface area contributed by atoms with Gasteiger partial charge in [-0.3, -0.25) is 9.52 Å². The molecule has 8 heteroatoms. The van der Waals surface area contributed by atoms with Crippen LogP contribution in [-0.2, 0) is 14.8 Å². The normalized spacial score (nSPS) is 14.3. The topological polar surface area (TPSA) is 101 Å². The van der Waals surface area contributed by atoms with Crippen molar-refractivity contribution in [1.29, 1.82) is 0 Å². The first-order chi connectivity index (χ1) is 9.64. The minimum absolute atomic E-state index is 0.0288. The van der Waals surface area contributed by atoms with E-state index in [2.05, 4.69) is 10.0 Å². The molecule has 0 bridgehead atoms. The molecule has 1 aromatic rings. The van der Waals surface area contributed by atoms with Crippen LogP contribution in [0.1, 0.15) is 20.3 Å². The second-order valence-electron chi connectivity index (χ2n) is 4.97. The molecule has 4 N–H and O–H groups in total. The molecule has 0 fully saturated rings. The van der Waals surface area contributed by atoms with Crippen LogP contribution in [0.2, 0.25) is 5.02 Å². The van der Waals surface area contributed by atoms with Crippen molar-refractivity contribution in [1.82, 2.24) is 0 Å². The Labute approximate surface area is 130 Å². The lowest BCUT2D eigenvalue weighted by atomic mass is 9.99. The lowest BCUT2D eigenvalue weighted by molar-refractivity contribution is -0.118. The second kappa shape index (κ2) is 7.11. The van der Waals surface area contributed by atoms with Crippen LogP contribution in [0, 0.1) is 5.92 Å². The summed E-state index contributed by atoms with van der Waals surface area (Å²) < 4.78 is 24.7. The third-order valence-corrected chi connectivity index (χ3v) is 4.02. The molecule has 0 aliphatic heterocycles. The average molecular weight is 334 g/mol. The molecule has 0 aliphatic carbocycles. The van der Waals surface area contributed by atoms with Gasteiger partial charge in [-0.2, -0.15) is 0 Å². The number of rotatable bonds is 6. The van der Waals surface area contributed by atoms with Crippen LogP contribution in [0.15, 0.2) is 18.2 Å². The van der Waals surface area contributed by atoms with Gasteiger partial charge >= 0.3 is 0 Å². The molecule has 0 heterocycles. The molecule has 0 saturated heterocycles. The largest absolute Gasteiger partial charge is 0.323 e. The van der Waals surface area contributed by atoms with Crippen LogP contribution < -0.4 is 15.8 Å². The number of benzene rings is 1. The summed E-state index contributed by atoms with van der Waals surface area (Å²) in [7, 11) is -3.40. The zero-order valence-electron chi connectivity index (χ0n) is 12.2. The molecule has 0 radical (unpaired) electrons. The van der Waals surface area contributed by atoms with Gasteiger partial charge < -0.3 is 11.1 Å². The number of hydrogen-bond donors (Lipinski definition) is 3. The van der Waals surface area contributed by atoms with Crippen molar-refractivity contribution in [2.45, 2.75) is 26.3 Å². The van der Waals surface area contributed by atoms with Crippen molar-refractivity contribution in [3.8, 4) is 0 Å². The zero-order chi connectivity index (χ0) is 16.2. The maximum atomic E-state index is 12.0. The maximum Gasteiger partial charge on any atom is 0.241 e. The Morgan fingerprint density at radius 2 is 2.05 bits per heavy atom. The van der Waals surface area contributed by atoms with Crippen LogP contribution >= 0.6 is 11.6 Å². The summed E-state index contributed by atoms with van der Waals surface area (Å²) >= 11 is 6.00. The Morgan fingerprint density at radius 1 is 1.43 bits per heavy atom. The number of nitrogens with two attached hydrogens (primary N) is 1. The summed E-state index contributed by atoms with van der Waals surface area (Å²) in [6.07, 6.45) is 1.82. The SMILES string of the molecule is CC[C@H](C)[C@H](N)C(=O)Nc1cc(NS(C)(=O)=O)ccc1Cl. The van der Waals surface area contributed by atoms with E-state index < -0.39 is 16.1 Å². The van der Waals surface area contributed by atoms with Gasteiger partial charge in [-0.15, -0.1) is 0 Å². The lowest BCUT2D eigenvalue weighted by Crippen LogP contribution is -2.40. The second-order valence-corrected chi connectivity index (χ2v) is 7.13. The highest BCUT2D eigenvalue weighted by Gasteiger charge is 2.20. The van der Waals surface area contributed by atoms with Crippen molar-refractivity contribution in [2.24, 2.45) is 11.7 Å². The first-order valence-corrected chi connectivity index (χ1v) is 8.74. The van der Waals surface area contributed by atoms with Crippen molar-refractivity contribution in [3.05, 3.63) is 23.2 Å². The molecule has 0 spiro atoms. The fourth-order valence-electron chi connectivity index (χ4n) is 1.63. The number of hydrogen-bond acceptors (Lipinski definition) is 4. The van der Waals surface area contributed by atoms with Crippen LogP contribution in [0.25, 0.3) is 0 Å². The first-order valence-electron chi connectivity index (χ1n) is 6.47. The van der Waals surface area contributed by atoms with Gasteiger partial charge in [0, 0.05) is 0 Å². The van der Waals surface area contributed by atoms with E-state index in [0.29, 0.717) is 16.4 Å². The highest BCUT2D eigenvalue weighted by molar-refractivity contribution is 7.92. The number of amides is 1. The Bertz CT molecular complexity index is 619. The quantitative estimate of drug-likeness (QED) is 0.741. The molecule has 21 heavy (non-hydrogen) atoms. The number of anilines is 2. The van der Waals surface area contributed by atoms with Crippen LogP contribution in [0.4, 0.5) is 11.4 Å². The van der Waals surface area contributed by atoms with Gasteiger partial charge in [0.05, 0.1) is 28.7 Å². The third kappa shape index (κ3) is 5.53. The number of carbonyl (C=O) groups is 1. The number of sulfonamides is 1. The predicted molar refractivity (Wildman–Crippen MR) is 86.0 cm³/mol. The highest BCUT2D eigenvalue weighted by atomic mass is 35.5. The van der Waals surface area contributed by atoms with E-state index in [1.165, 1.54) is 18.2 Å². The van der Waals surface area contributed by atoms with E-state index in [4.69, 9.17) is 17.3 Å². The molecule has 1 amide bonds. The van der Waals surface area contributed by atoms with Crippen LogP contribution in [0.5, 0.6) is 0 Å². The molecule has 1 rings (SSSR count). The molecular weight excluding hydrogens is 314 g/mol. The van der Waals surface area contributed by atoms with Crippen molar-refractivity contribution in [2.75, 3.05) is 16.3 Å². The minimum atomic E-state index is -3.40. The van der Waals surface area contributed by atoms with Gasteiger partial charge in [0.15, 0.2) is 0 Å². The third-order valence-electron chi connectivity index (χ3n) is 3.09. The number of nitrogens with one attached hydrogen (secondary N) is 2. The molecule has 2 atom stereocenters. The summed E-state index contributed by atoms with van der Waals surface area (Å²) in [5.74, 6) is -0.330. The standard InChI is InChI=1S/C13H20ClN3O3S/c1-4-8(2)12(15)13(18)16-11-7-9(5-6-10(11)14)17-21(3,19)20/h5-8,12,17H,4,15H2,1-3H3,(H,16,18)/t8-,12-/m0/s1. The van der Waals surface area contributed by atoms with Gasteiger partial charge in [0.25, 0.3) is 0 Å². The summed E-state index contributed by atoms with van der Waals surface area (Å²) in [6.45, 7) is 3.83. The van der Waals surface area contributed by atoms with Crippen molar-refractivity contribution in [3.63, 3.8) is 0 Å². The van der Waals surface area contributed by atoms with E-state index in [1.54, 1.807) is 0 Å². The highest BCUT2D eigenvalue weighted by Crippen LogP contribution is 2.26. The molecule has 0 unspecified atom stereocenters. The fraction of sp³-hybridized carbons (Fsp3) is 0.462. The zero-order valence-corrected chi connectivity index (χ0v) is 13.8. The number of halogens is 1. The van der Waals surface area contributed by atoms with E-state index >= 15 is 0 Å². The van der Waals surface area contributed by atoms with Crippen molar-refractivity contribution < 1.29 is 13.2 Å².